The van der Waals surface area contributed by atoms with E-state index in [0.29, 0.717) is 6.42 Å². The van der Waals surface area contributed by atoms with Gasteiger partial charge in [-0.3, -0.25) is 4.79 Å². The fraction of sp³-hybridized carbons (Fsp3) is 0.643. The summed E-state index contributed by atoms with van der Waals surface area (Å²) in [6.45, 7) is 3.64. The maximum atomic E-state index is 13.1. The third kappa shape index (κ3) is 46.4. The highest BCUT2D eigenvalue weighted by Crippen LogP contribution is 2.23. The zero-order chi connectivity index (χ0) is 57.2. The van der Waals surface area contributed by atoms with E-state index in [9.17, 15) is 30.3 Å². The summed E-state index contributed by atoms with van der Waals surface area (Å²) in [6.07, 6.45) is 82.0. The van der Waals surface area contributed by atoms with Crippen LogP contribution in [0.1, 0.15) is 232 Å². The van der Waals surface area contributed by atoms with E-state index in [-0.39, 0.29) is 12.5 Å². The summed E-state index contributed by atoms with van der Waals surface area (Å²) in [7, 11) is 0. The minimum absolute atomic E-state index is 0.207. The van der Waals surface area contributed by atoms with Crippen molar-refractivity contribution in [2.45, 2.75) is 275 Å². The van der Waals surface area contributed by atoms with Crippen LogP contribution in [0.2, 0.25) is 0 Å². The molecule has 1 rings (SSSR count). The summed E-state index contributed by atoms with van der Waals surface area (Å²) in [6, 6.07) is -0.841. The molecule has 1 heterocycles. The lowest BCUT2D eigenvalue weighted by Crippen LogP contribution is -2.60. The Balaban J connectivity index is 2.23. The summed E-state index contributed by atoms with van der Waals surface area (Å²) in [4.78, 5) is 13.1. The lowest BCUT2D eigenvalue weighted by atomic mass is 9.99. The summed E-state index contributed by atoms with van der Waals surface area (Å²) < 4.78 is 11.3. The van der Waals surface area contributed by atoms with E-state index in [2.05, 4.69) is 153 Å². The van der Waals surface area contributed by atoms with Gasteiger partial charge in [-0.1, -0.05) is 262 Å². The maximum Gasteiger partial charge on any atom is 0.220 e. The van der Waals surface area contributed by atoms with Crippen molar-refractivity contribution in [1.82, 2.24) is 5.32 Å². The quantitative estimate of drug-likeness (QED) is 0.0261. The molecular formula is C70H115NO8. The highest BCUT2D eigenvalue weighted by Gasteiger charge is 2.44. The molecule has 0 aromatic carbocycles. The monoisotopic (exact) mass is 1100 g/mol. The van der Waals surface area contributed by atoms with Crippen LogP contribution in [0.3, 0.4) is 0 Å². The van der Waals surface area contributed by atoms with Gasteiger partial charge in [-0.2, -0.15) is 0 Å². The molecule has 0 aromatic rings. The molecule has 1 fully saturated rings. The van der Waals surface area contributed by atoms with Crippen LogP contribution in [0.5, 0.6) is 0 Å². The Bertz CT molecular complexity index is 1750. The Kier molecular flexibility index (Phi) is 53.0. The Hall–Kier alpha value is -3.93. The number of hydrogen-bond acceptors (Lipinski definition) is 8. The Morgan fingerprint density at radius 3 is 1.22 bits per heavy atom. The first-order valence-corrected chi connectivity index (χ1v) is 31.6. The van der Waals surface area contributed by atoms with E-state index in [1.165, 1.54) is 83.5 Å². The Morgan fingerprint density at radius 2 is 0.797 bits per heavy atom. The molecule has 1 aliphatic heterocycles. The molecule has 0 bridgehead atoms. The normalized spacial score (nSPS) is 19.6. The van der Waals surface area contributed by atoms with Gasteiger partial charge >= 0.3 is 0 Å². The highest BCUT2D eigenvalue weighted by atomic mass is 16.7. The van der Waals surface area contributed by atoms with Crippen molar-refractivity contribution >= 4 is 5.91 Å². The molecule has 9 nitrogen and oxygen atoms in total. The van der Waals surface area contributed by atoms with Crippen molar-refractivity contribution in [1.29, 1.82) is 0 Å². The van der Waals surface area contributed by atoms with Crippen LogP contribution in [0, 0.1) is 0 Å². The number of ether oxygens (including phenoxy) is 2. The minimum Gasteiger partial charge on any atom is -0.394 e. The number of carbonyl (C=O) groups excluding carboxylic acids is 1. The molecule has 1 saturated heterocycles. The second-order valence-corrected chi connectivity index (χ2v) is 21.1. The molecule has 0 aliphatic carbocycles. The second-order valence-electron chi connectivity index (χ2n) is 21.1. The standard InChI is InChI=1S/C70H115NO8/c1-3-5-7-9-11-13-15-17-19-21-23-24-25-26-27-28-29-30-31-32-33-34-35-36-37-38-39-40-42-44-46-48-50-52-54-56-58-60-66(74)71-63(62-78-70-69(77)68(76)67(75)65(61-72)79-70)64(73)59-57-55-53-51-49-47-45-43-41-22-20-18-16-14-12-10-8-6-4-2/h5,7,11,13,17,19,23-24,26-27,29-30,32-33,35-36,38-39,42,44,49,51,57,59,63-65,67-70,72-73,75-77H,3-4,6,8-10,12,14-16,18,20-22,25,28,31,34,37,40-41,43,45-48,50,52-56,58,60-62H2,1-2H3,(H,71,74)/b7-5-,13-11-,19-17-,24-23-,27-26-,30-29-,33-32-,36-35-,39-38-,44-42-,51-49+,59-57+. The van der Waals surface area contributed by atoms with E-state index in [1.54, 1.807) is 6.08 Å². The fourth-order valence-electron chi connectivity index (χ4n) is 8.96. The van der Waals surface area contributed by atoms with Crippen LogP contribution in [-0.2, 0) is 14.3 Å². The number of aliphatic hydroxyl groups excluding tert-OH is 5. The third-order valence-electron chi connectivity index (χ3n) is 13.9. The molecule has 0 spiro atoms. The van der Waals surface area contributed by atoms with Gasteiger partial charge in [0, 0.05) is 6.42 Å². The smallest absolute Gasteiger partial charge is 0.220 e. The lowest BCUT2D eigenvalue weighted by Gasteiger charge is -2.40. The van der Waals surface area contributed by atoms with Gasteiger partial charge in [-0.15, -0.1) is 0 Å². The molecule has 6 N–H and O–H groups in total. The molecule has 0 radical (unpaired) electrons. The summed E-state index contributed by atoms with van der Waals surface area (Å²) in [5, 5.41) is 54.5. The fourth-order valence-corrected chi connectivity index (χ4v) is 8.96. The van der Waals surface area contributed by atoms with Gasteiger partial charge in [-0.05, 0) is 109 Å². The maximum absolute atomic E-state index is 13.1. The molecule has 1 aliphatic rings. The van der Waals surface area contributed by atoms with E-state index in [4.69, 9.17) is 9.47 Å². The van der Waals surface area contributed by atoms with Gasteiger partial charge in [-0.25, -0.2) is 0 Å². The minimum atomic E-state index is -1.58. The molecule has 0 saturated carbocycles. The summed E-state index contributed by atoms with van der Waals surface area (Å²) in [5.74, 6) is -0.207. The van der Waals surface area contributed by atoms with Crippen LogP contribution in [-0.4, -0.2) is 87.5 Å². The summed E-state index contributed by atoms with van der Waals surface area (Å²) >= 11 is 0. The molecule has 9 heteroatoms. The zero-order valence-corrected chi connectivity index (χ0v) is 49.8. The van der Waals surface area contributed by atoms with Gasteiger partial charge in [0.1, 0.15) is 24.4 Å². The number of aliphatic hydroxyl groups is 5. The molecular weight excluding hydrogens is 983 g/mol. The number of amides is 1. The largest absolute Gasteiger partial charge is 0.394 e. The van der Waals surface area contributed by atoms with Crippen molar-refractivity contribution in [3.05, 3.63) is 146 Å². The van der Waals surface area contributed by atoms with Crippen molar-refractivity contribution < 1.29 is 39.8 Å². The molecule has 1 amide bonds. The highest BCUT2D eigenvalue weighted by molar-refractivity contribution is 5.76. The third-order valence-corrected chi connectivity index (χ3v) is 13.9. The van der Waals surface area contributed by atoms with Crippen molar-refractivity contribution in [3.8, 4) is 0 Å². The predicted octanol–water partition coefficient (Wildman–Crippen LogP) is 16.6. The van der Waals surface area contributed by atoms with Crippen LogP contribution >= 0.6 is 0 Å². The number of nitrogens with one attached hydrogen (secondary N) is 1. The van der Waals surface area contributed by atoms with E-state index in [1.807, 2.05) is 6.08 Å². The van der Waals surface area contributed by atoms with E-state index >= 15 is 0 Å². The Labute approximate surface area is 483 Å². The lowest BCUT2D eigenvalue weighted by molar-refractivity contribution is -0.302. The van der Waals surface area contributed by atoms with E-state index < -0.39 is 49.5 Å². The van der Waals surface area contributed by atoms with Crippen LogP contribution < -0.4 is 5.32 Å². The molecule has 7 atom stereocenters. The van der Waals surface area contributed by atoms with Gasteiger partial charge in [0.25, 0.3) is 0 Å². The predicted molar refractivity (Wildman–Crippen MR) is 336 cm³/mol. The summed E-state index contributed by atoms with van der Waals surface area (Å²) in [5.41, 5.74) is 0. The number of rotatable bonds is 52. The first-order valence-electron chi connectivity index (χ1n) is 31.6. The van der Waals surface area contributed by atoms with Crippen molar-refractivity contribution in [2.75, 3.05) is 13.2 Å². The van der Waals surface area contributed by atoms with Crippen molar-refractivity contribution in [3.63, 3.8) is 0 Å². The number of unbranched alkanes of at least 4 members (excludes halogenated alkanes) is 20. The molecule has 7 unspecified atom stereocenters. The second kappa shape index (κ2) is 57.3. The van der Waals surface area contributed by atoms with E-state index in [0.717, 1.165) is 128 Å². The SMILES string of the molecule is CC/C=C\C/C=C\C/C=C\C/C=C\C/C=C\C/C=C\C/C=C\C/C=C\C/C=C\C/C=C\CCCCCCCCC(=O)NC(COC1OC(CO)C(O)C(O)C1O)C(O)/C=C/CC/C=C/CCCCCCCCCCCCCCC. The van der Waals surface area contributed by atoms with Gasteiger partial charge in [0.15, 0.2) is 6.29 Å². The average molecular weight is 1100 g/mol. The first-order chi connectivity index (χ1) is 38.8. The Morgan fingerprint density at radius 1 is 0.443 bits per heavy atom. The first kappa shape index (κ1) is 73.1. The average Bonchev–Trinajstić information content (AvgIpc) is 3.46. The number of carbonyl (C=O) groups is 1. The van der Waals surface area contributed by atoms with Gasteiger partial charge < -0.3 is 40.3 Å². The van der Waals surface area contributed by atoms with Crippen LogP contribution in [0.4, 0.5) is 0 Å². The number of hydrogen-bond donors (Lipinski definition) is 6. The van der Waals surface area contributed by atoms with Gasteiger partial charge in [0.2, 0.25) is 5.91 Å². The van der Waals surface area contributed by atoms with Gasteiger partial charge in [0.05, 0.1) is 25.4 Å². The number of allylic oxidation sites excluding steroid dienone is 23. The molecule has 79 heavy (non-hydrogen) atoms. The zero-order valence-electron chi connectivity index (χ0n) is 49.8. The van der Waals surface area contributed by atoms with Crippen molar-refractivity contribution in [2.24, 2.45) is 0 Å². The molecule has 448 valence electrons. The molecule has 0 aromatic heterocycles. The van der Waals surface area contributed by atoms with Crippen LogP contribution in [0.15, 0.2) is 146 Å². The topological polar surface area (TPSA) is 149 Å². The van der Waals surface area contributed by atoms with Crippen LogP contribution in [0.25, 0.3) is 0 Å².